The van der Waals surface area contributed by atoms with Crippen LogP contribution in [0.15, 0.2) is 73.1 Å². The van der Waals surface area contributed by atoms with Crippen LogP contribution in [0, 0.1) is 0 Å². The van der Waals surface area contributed by atoms with E-state index >= 15 is 0 Å². The summed E-state index contributed by atoms with van der Waals surface area (Å²) in [5.74, 6) is 0.333. The normalized spacial score (nSPS) is 11.3. The predicted octanol–water partition coefficient (Wildman–Crippen LogP) is 6.46. The highest BCUT2D eigenvalue weighted by molar-refractivity contribution is 5.90. The number of aromatic amines is 1. The first-order valence-corrected chi connectivity index (χ1v) is 12.6. The van der Waals surface area contributed by atoms with Crippen LogP contribution in [0.5, 0.6) is 0 Å². The number of carbonyl (C=O) groups is 1. The van der Waals surface area contributed by atoms with E-state index in [1.54, 1.807) is 0 Å². The van der Waals surface area contributed by atoms with Crippen LogP contribution < -0.4 is 5.32 Å². The van der Waals surface area contributed by atoms with Crippen molar-refractivity contribution in [1.29, 1.82) is 0 Å². The number of rotatable bonds is 13. The van der Waals surface area contributed by atoms with Crippen molar-refractivity contribution < 1.29 is 4.79 Å². The number of benzene rings is 2. The second-order valence-corrected chi connectivity index (χ2v) is 9.10. The van der Waals surface area contributed by atoms with E-state index in [-0.39, 0.29) is 5.91 Å². The number of carbonyl (C=O) groups excluding carboxylic acids is 1. The minimum absolute atomic E-state index is 0.0236. The third-order valence-corrected chi connectivity index (χ3v) is 6.17. The number of anilines is 1. The topological polar surface area (TPSA) is 73.9 Å². The van der Waals surface area contributed by atoms with Gasteiger partial charge in [0.05, 0.1) is 0 Å². The first-order chi connectivity index (χ1) is 17.2. The molecule has 0 aliphatic carbocycles. The van der Waals surface area contributed by atoms with Crippen molar-refractivity contribution in [2.75, 3.05) is 5.32 Å². The van der Waals surface area contributed by atoms with Gasteiger partial charge in [-0.25, -0.2) is 4.98 Å². The molecular formula is C29H35N5O. The number of unbranched alkanes of at least 4 members (excludes halogenated alkanes) is 4. The third-order valence-electron chi connectivity index (χ3n) is 6.17. The fourth-order valence-electron chi connectivity index (χ4n) is 4.32. The number of amides is 1. The predicted molar refractivity (Wildman–Crippen MR) is 142 cm³/mol. The van der Waals surface area contributed by atoms with Crippen molar-refractivity contribution in [3.8, 4) is 0 Å². The highest BCUT2D eigenvalue weighted by Crippen LogP contribution is 2.21. The van der Waals surface area contributed by atoms with Crippen LogP contribution in [0.4, 0.5) is 5.95 Å². The fraction of sp³-hybridized carbons (Fsp3) is 0.345. The second-order valence-electron chi connectivity index (χ2n) is 9.10. The Balaban J connectivity index is 1.42. The van der Waals surface area contributed by atoms with E-state index in [0.29, 0.717) is 12.4 Å². The van der Waals surface area contributed by atoms with Crippen LogP contribution in [0.1, 0.15) is 62.1 Å². The molecule has 35 heavy (non-hydrogen) atoms. The Morgan fingerprint density at radius 1 is 0.886 bits per heavy atom. The first kappa shape index (κ1) is 24.6. The smallest absolute Gasteiger partial charge is 0.231 e. The van der Waals surface area contributed by atoms with E-state index in [1.807, 2.05) is 24.5 Å². The number of H-pyrrole nitrogens is 1. The van der Waals surface area contributed by atoms with E-state index in [9.17, 15) is 4.79 Å². The molecule has 0 fully saturated rings. The number of nitrogens with zero attached hydrogens (tertiary/aromatic N) is 3. The van der Waals surface area contributed by atoms with Gasteiger partial charge in [0.2, 0.25) is 11.9 Å². The zero-order valence-electron chi connectivity index (χ0n) is 20.5. The molecule has 2 aromatic heterocycles. The highest BCUT2D eigenvalue weighted by Gasteiger charge is 2.14. The molecule has 182 valence electrons. The number of hydrogen-bond acceptors (Lipinski definition) is 4. The van der Waals surface area contributed by atoms with Crippen LogP contribution in [0.25, 0.3) is 11.0 Å². The zero-order valence-corrected chi connectivity index (χ0v) is 20.5. The number of nitrogens with one attached hydrogen (secondary N) is 2. The van der Waals surface area contributed by atoms with Crippen LogP contribution in [0.3, 0.4) is 0 Å². The lowest BCUT2D eigenvalue weighted by Gasteiger charge is -2.22. The largest absolute Gasteiger partial charge is 0.346 e. The lowest BCUT2D eigenvalue weighted by atomic mass is 10.1. The monoisotopic (exact) mass is 469 g/mol. The van der Waals surface area contributed by atoms with E-state index in [2.05, 4.69) is 80.6 Å². The lowest BCUT2D eigenvalue weighted by Crippen LogP contribution is -2.22. The van der Waals surface area contributed by atoms with Crippen molar-refractivity contribution >= 4 is 22.9 Å². The molecule has 2 aromatic carbocycles. The van der Waals surface area contributed by atoms with Gasteiger partial charge < -0.3 is 4.98 Å². The maximum atomic E-state index is 12.3. The maximum absolute atomic E-state index is 12.3. The molecule has 0 aliphatic heterocycles. The van der Waals surface area contributed by atoms with Crippen LogP contribution >= 0.6 is 0 Å². The quantitative estimate of drug-likeness (QED) is 0.220. The SMILES string of the molecule is CCCCCCCC(=O)Nc1ncc2c(CN(Cc3ccccc3)Cc3ccccc3)c[nH]c2n1. The fourth-order valence-corrected chi connectivity index (χ4v) is 4.32. The van der Waals surface area contributed by atoms with Crippen molar-refractivity contribution in [2.45, 2.75) is 65.1 Å². The van der Waals surface area contributed by atoms with Gasteiger partial charge in [-0.1, -0.05) is 93.3 Å². The Hall–Kier alpha value is -3.51. The summed E-state index contributed by atoms with van der Waals surface area (Å²) in [5, 5.41) is 3.83. The summed E-state index contributed by atoms with van der Waals surface area (Å²) in [7, 11) is 0. The van der Waals surface area contributed by atoms with Gasteiger partial charge in [0.25, 0.3) is 0 Å². The molecule has 2 N–H and O–H groups in total. The maximum Gasteiger partial charge on any atom is 0.231 e. The Bertz CT molecular complexity index is 1150. The van der Waals surface area contributed by atoms with Crippen molar-refractivity contribution in [2.24, 2.45) is 0 Å². The van der Waals surface area contributed by atoms with Crippen LogP contribution in [-0.2, 0) is 24.4 Å². The minimum Gasteiger partial charge on any atom is -0.346 e. The molecule has 0 radical (unpaired) electrons. The molecule has 0 atom stereocenters. The molecule has 0 spiro atoms. The van der Waals surface area contributed by atoms with Crippen molar-refractivity contribution in [3.05, 3.63) is 89.7 Å². The van der Waals surface area contributed by atoms with Gasteiger partial charge in [0, 0.05) is 43.8 Å². The molecule has 0 saturated carbocycles. The summed E-state index contributed by atoms with van der Waals surface area (Å²) in [6, 6.07) is 21.1. The third kappa shape index (κ3) is 7.49. The van der Waals surface area contributed by atoms with E-state index < -0.39 is 0 Å². The van der Waals surface area contributed by atoms with Gasteiger partial charge in [0.1, 0.15) is 5.65 Å². The van der Waals surface area contributed by atoms with Crippen molar-refractivity contribution in [3.63, 3.8) is 0 Å². The molecule has 2 heterocycles. The van der Waals surface area contributed by atoms with Gasteiger partial charge in [0.15, 0.2) is 0 Å². The second kappa shape index (κ2) is 12.8. The minimum atomic E-state index is -0.0236. The van der Waals surface area contributed by atoms with E-state index in [0.717, 1.165) is 49.1 Å². The van der Waals surface area contributed by atoms with Crippen molar-refractivity contribution in [1.82, 2.24) is 19.9 Å². The number of hydrogen-bond donors (Lipinski definition) is 2. The van der Waals surface area contributed by atoms with Gasteiger partial charge in [-0.05, 0) is 23.1 Å². The molecule has 0 aliphatic rings. The number of fused-ring (bicyclic) bond motifs is 1. The Morgan fingerprint density at radius 2 is 1.54 bits per heavy atom. The standard InChI is InChI=1S/C29H35N5O/c1-2-3-4-5-12-17-27(35)32-29-31-19-26-25(18-30-28(26)33-29)22-34(20-23-13-8-6-9-14-23)21-24-15-10-7-11-16-24/h6-11,13-16,18-19H,2-5,12,17,20-22H2,1H3,(H2,30,31,32,33,35). The van der Waals surface area contributed by atoms with Gasteiger partial charge >= 0.3 is 0 Å². The molecule has 0 bridgehead atoms. The van der Waals surface area contributed by atoms with Gasteiger partial charge in [-0.2, -0.15) is 4.98 Å². The molecule has 6 heteroatoms. The van der Waals surface area contributed by atoms with Crippen LogP contribution in [0.2, 0.25) is 0 Å². The molecular weight excluding hydrogens is 434 g/mol. The van der Waals surface area contributed by atoms with E-state index in [4.69, 9.17) is 0 Å². The summed E-state index contributed by atoms with van der Waals surface area (Å²) in [6.45, 7) is 4.64. The molecule has 4 aromatic rings. The van der Waals surface area contributed by atoms with E-state index in [1.165, 1.54) is 30.4 Å². The van der Waals surface area contributed by atoms with Crippen LogP contribution in [-0.4, -0.2) is 25.8 Å². The lowest BCUT2D eigenvalue weighted by molar-refractivity contribution is -0.116. The summed E-state index contributed by atoms with van der Waals surface area (Å²) >= 11 is 0. The average molecular weight is 470 g/mol. The summed E-state index contributed by atoms with van der Waals surface area (Å²) in [5.41, 5.74) is 4.44. The molecule has 0 unspecified atom stereocenters. The Morgan fingerprint density at radius 3 is 2.20 bits per heavy atom. The Kier molecular flexibility index (Phi) is 9.01. The number of aromatic nitrogens is 3. The summed E-state index contributed by atoms with van der Waals surface area (Å²) < 4.78 is 0. The molecule has 1 amide bonds. The highest BCUT2D eigenvalue weighted by atomic mass is 16.1. The van der Waals surface area contributed by atoms with Gasteiger partial charge in [-0.15, -0.1) is 0 Å². The Labute approximate surface area is 207 Å². The summed E-state index contributed by atoms with van der Waals surface area (Å²) in [4.78, 5) is 26.9. The summed E-state index contributed by atoms with van der Waals surface area (Å²) in [6.07, 6.45) is 9.93. The van der Waals surface area contributed by atoms with Gasteiger partial charge in [-0.3, -0.25) is 15.0 Å². The molecule has 6 nitrogen and oxygen atoms in total. The zero-order chi connectivity index (χ0) is 24.3. The molecule has 0 saturated heterocycles. The first-order valence-electron chi connectivity index (χ1n) is 12.6. The average Bonchev–Trinajstić information content (AvgIpc) is 3.27. The molecule has 4 rings (SSSR count).